The first-order valence-electron chi connectivity index (χ1n) is 7.92. The van der Waals surface area contributed by atoms with Gasteiger partial charge in [-0.3, -0.25) is 4.40 Å². The highest BCUT2D eigenvalue weighted by molar-refractivity contribution is 5.76. The van der Waals surface area contributed by atoms with Gasteiger partial charge in [0.1, 0.15) is 5.82 Å². The van der Waals surface area contributed by atoms with Crippen LogP contribution in [0.15, 0.2) is 18.5 Å². The maximum Gasteiger partial charge on any atom is 0.154 e. The van der Waals surface area contributed by atoms with E-state index >= 15 is 0 Å². The van der Waals surface area contributed by atoms with Crippen molar-refractivity contribution < 1.29 is 5.11 Å². The number of nitrogens with two attached hydrogens (primary N) is 1. The average Bonchev–Trinajstić information content (AvgIpc) is 3.21. The fraction of sp³-hybridized carbons (Fsp3) is 0.500. The first kappa shape index (κ1) is 13.7. The molecule has 0 spiro atoms. The number of rotatable bonds is 3. The molecular weight excluding hydrogens is 278 g/mol. The number of aromatic nitrogens is 4. The van der Waals surface area contributed by atoms with E-state index in [1.54, 1.807) is 6.20 Å². The molecule has 3 aromatic heterocycles. The van der Waals surface area contributed by atoms with Crippen LogP contribution in [0.4, 0.5) is 0 Å². The van der Waals surface area contributed by atoms with Crippen LogP contribution in [0.3, 0.4) is 0 Å². The third kappa shape index (κ3) is 1.87. The number of fused-ring (bicyclic) bond motifs is 3. The normalized spacial score (nSPS) is 25.5. The SMILES string of the molecule is CC[C@@H]1C[C@H](N)CC1c1nc(CO)c2cnc3[nH]ccc3n12. The quantitative estimate of drug-likeness (QED) is 0.689. The van der Waals surface area contributed by atoms with E-state index in [4.69, 9.17) is 10.7 Å². The molecule has 0 aromatic carbocycles. The van der Waals surface area contributed by atoms with Crippen LogP contribution in [0.5, 0.6) is 0 Å². The Hall–Kier alpha value is -1.92. The molecule has 1 aliphatic carbocycles. The van der Waals surface area contributed by atoms with Crippen LogP contribution < -0.4 is 5.73 Å². The van der Waals surface area contributed by atoms with E-state index < -0.39 is 0 Å². The van der Waals surface area contributed by atoms with Crippen LogP contribution in [0.2, 0.25) is 0 Å². The van der Waals surface area contributed by atoms with Gasteiger partial charge in [0.25, 0.3) is 0 Å². The molecule has 4 rings (SSSR count). The first-order valence-corrected chi connectivity index (χ1v) is 7.92. The highest BCUT2D eigenvalue weighted by atomic mass is 16.3. The lowest BCUT2D eigenvalue weighted by Crippen LogP contribution is -2.15. The van der Waals surface area contributed by atoms with Crippen LogP contribution in [-0.4, -0.2) is 30.5 Å². The van der Waals surface area contributed by atoms with E-state index in [9.17, 15) is 5.11 Å². The van der Waals surface area contributed by atoms with Crippen LogP contribution in [0, 0.1) is 5.92 Å². The molecule has 1 aliphatic rings. The minimum Gasteiger partial charge on any atom is -0.390 e. The Labute approximate surface area is 128 Å². The largest absolute Gasteiger partial charge is 0.390 e. The Kier molecular flexibility index (Phi) is 3.16. The molecule has 22 heavy (non-hydrogen) atoms. The van der Waals surface area contributed by atoms with E-state index in [1.165, 1.54) is 0 Å². The number of aliphatic hydroxyl groups is 1. The van der Waals surface area contributed by atoms with Crippen molar-refractivity contribution in [3.63, 3.8) is 0 Å². The Bertz CT molecular complexity index is 821. The van der Waals surface area contributed by atoms with Gasteiger partial charge in [0.05, 0.1) is 29.5 Å². The van der Waals surface area contributed by atoms with E-state index in [1.807, 2.05) is 12.3 Å². The number of nitrogens with zero attached hydrogens (tertiary/aromatic N) is 3. The number of nitrogens with one attached hydrogen (secondary N) is 1. The summed E-state index contributed by atoms with van der Waals surface area (Å²) in [6, 6.07) is 2.25. The Balaban J connectivity index is 1.98. The van der Waals surface area contributed by atoms with E-state index in [2.05, 4.69) is 21.3 Å². The van der Waals surface area contributed by atoms with Gasteiger partial charge < -0.3 is 15.8 Å². The number of H-pyrrole nitrogens is 1. The molecule has 116 valence electrons. The summed E-state index contributed by atoms with van der Waals surface area (Å²) in [6.07, 6.45) is 6.78. The zero-order valence-electron chi connectivity index (χ0n) is 12.7. The first-order chi connectivity index (χ1) is 10.7. The second-order valence-corrected chi connectivity index (χ2v) is 6.27. The van der Waals surface area contributed by atoms with Gasteiger partial charge in [-0.1, -0.05) is 13.3 Å². The molecule has 6 nitrogen and oxygen atoms in total. The minimum absolute atomic E-state index is 0.0727. The fourth-order valence-electron chi connectivity index (χ4n) is 3.95. The third-order valence-electron chi connectivity index (χ3n) is 5.01. The summed E-state index contributed by atoms with van der Waals surface area (Å²) in [5, 5.41) is 9.65. The van der Waals surface area contributed by atoms with Crippen molar-refractivity contribution in [1.29, 1.82) is 0 Å². The molecule has 0 radical (unpaired) electrons. The molecule has 0 aliphatic heterocycles. The lowest BCUT2D eigenvalue weighted by molar-refractivity contribution is 0.278. The molecule has 3 aromatic rings. The average molecular weight is 299 g/mol. The topological polar surface area (TPSA) is 92.2 Å². The van der Waals surface area contributed by atoms with Crippen molar-refractivity contribution in [3.8, 4) is 0 Å². The molecule has 1 unspecified atom stereocenters. The van der Waals surface area contributed by atoms with Gasteiger partial charge in [0, 0.05) is 18.2 Å². The van der Waals surface area contributed by atoms with Gasteiger partial charge in [0.15, 0.2) is 5.65 Å². The highest BCUT2D eigenvalue weighted by Crippen LogP contribution is 2.41. The van der Waals surface area contributed by atoms with Crippen LogP contribution >= 0.6 is 0 Å². The number of imidazole rings is 1. The summed E-state index contributed by atoms with van der Waals surface area (Å²) in [5.41, 5.74) is 9.63. The van der Waals surface area contributed by atoms with Crippen LogP contribution in [0.1, 0.15) is 43.6 Å². The summed E-state index contributed by atoms with van der Waals surface area (Å²) in [4.78, 5) is 12.3. The predicted molar refractivity (Wildman–Crippen MR) is 84.5 cm³/mol. The zero-order valence-corrected chi connectivity index (χ0v) is 12.7. The summed E-state index contributed by atoms with van der Waals surface area (Å²) >= 11 is 0. The Morgan fingerprint density at radius 1 is 1.41 bits per heavy atom. The molecule has 0 amide bonds. The molecule has 1 fully saturated rings. The molecule has 6 heteroatoms. The monoisotopic (exact) mass is 299 g/mol. The zero-order chi connectivity index (χ0) is 15.3. The third-order valence-corrected chi connectivity index (χ3v) is 5.01. The van der Waals surface area contributed by atoms with E-state index in [0.717, 1.165) is 41.8 Å². The van der Waals surface area contributed by atoms with Crippen molar-refractivity contribution in [2.75, 3.05) is 0 Å². The predicted octanol–water partition coefficient (Wildman–Crippen LogP) is 1.93. The molecule has 3 heterocycles. The Morgan fingerprint density at radius 3 is 3.05 bits per heavy atom. The maximum absolute atomic E-state index is 9.65. The molecule has 0 bridgehead atoms. The van der Waals surface area contributed by atoms with Gasteiger partial charge in [-0.2, -0.15) is 0 Å². The molecular formula is C16H21N5O. The second kappa shape index (κ2) is 5.07. The molecule has 0 saturated heterocycles. The van der Waals surface area contributed by atoms with Gasteiger partial charge in [-0.25, -0.2) is 9.97 Å². The summed E-state index contributed by atoms with van der Waals surface area (Å²) in [5.74, 6) is 1.91. The molecule has 4 N–H and O–H groups in total. The van der Waals surface area contributed by atoms with Gasteiger partial charge in [0.2, 0.25) is 0 Å². The van der Waals surface area contributed by atoms with Crippen molar-refractivity contribution in [2.45, 2.75) is 44.8 Å². The summed E-state index contributed by atoms with van der Waals surface area (Å²) < 4.78 is 2.15. The number of hydrogen-bond donors (Lipinski definition) is 3. The van der Waals surface area contributed by atoms with E-state index in [-0.39, 0.29) is 12.6 Å². The number of hydrogen-bond acceptors (Lipinski definition) is 4. The van der Waals surface area contributed by atoms with Crippen molar-refractivity contribution in [1.82, 2.24) is 19.4 Å². The maximum atomic E-state index is 9.65. The standard InChI is InChI=1S/C16H21N5O/c1-2-9-5-10(17)6-11(9)16-20-12(8-22)14-7-19-15-13(21(14)16)3-4-18-15/h3-4,7,9-11,18,22H,2,5-6,8,17H2,1H3/t9-,10+,11?/m1/s1. The fourth-order valence-corrected chi connectivity index (χ4v) is 3.95. The summed E-state index contributed by atoms with van der Waals surface area (Å²) in [7, 11) is 0. The number of aliphatic hydroxyl groups excluding tert-OH is 1. The smallest absolute Gasteiger partial charge is 0.154 e. The van der Waals surface area contributed by atoms with Gasteiger partial charge in [-0.05, 0) is 24.8 Å². The molecule has 3 atom stereocenters. The number of aromatic amines is 1. The lowest BCUT2D eigenvalue weighted by atomic mass is 9.93. The van der Waals surface area contributed by atoms with Crippen molar-refractivity contribution >= 4 is 16.7 Å². The van der Waals surface area contributed by atoms with Crippen LogP contribution in [0.25, 0.3) is 16.7 Å². The van der Waals surface area contributed by atoms with E-state index in [0.29, 0.717) is 17.5 Å². The summed E-state index contributed by atoms with van der Waals surface area (Å²) in [6.45, 7) is 2.14. The van der Waals surface area contributed by atoms with Gasteiger partial charge in [-0.15, -0.1) is 0 Å². The highest BCUT2D eigenvalue weighted by Gasteiger charge is 2.35. The van der Waals surface area contributed by atoms with Crippen molar-refractivity contribution in [2.24, 2.45) is 11.7 Å². The minimum atomic E-state index is -0.0727. The molecule has 1 saturated carbocycles. The lowest BCUT2D eigenvalue weighted by Gasteiger charge is -2.16. The Morgan fingerprint density at radius 2 is 2.27 bits per heavy atom. The van der Waals surface area contributed by atoms with Crippen molar-refractivity contribution in [3.05, 3.63) is 30.0 Å². The van der Waals surface area contributed by atoms with Crippen LogP contribution in [-0.2, 0) is 6.61 Å². The second-order valence-electron chi connectivity index (χ2n) is 6.27. The van der Waals surface area contributed by atoms with Gasteiger partial charge >= 0.3 is 0 Å².